The fourth-order valence-electron chi connectivity index (χ4n) is 3.96. The molecule has 1 atom stereocenters. The van der Waals surface area contributed by atoms with Crippen molar-refractivity contribution in [1.29, 1.82) is 0 Å². The van der Waals surface area contributed by atoms with Gasteiger partial charge in [0.15, 0.2) is 5.82 Å². The lowest BCUT2D eigenvalue weighted by Gasteiger charge is -2.53. The van der Waals surface area contributed by atoms with Gasteiger partial charge < -0.3 is 24.4 Å². The number of aliphatic carboxylic acids is 1. The van der Waals surface area contributed by atoms with Crippen molar-refractivity contribution in [2.75, 3.05) is 44.3 Å². The molecule has 0 bridgehead atoms. The number of rotatable bonds is 4. The van der Waals surface area contributed by atoms with Crippen LogP contribution in [0.2, 0.25) is 0 Å². The molecule has 12 heteroatoms. The summed E-state index contributed by atoms with van der Waals surface area (Å²) in [5.74, 6) is -1.73. The number of anilines is 1. The van der Waals surface area contributed by atoms with Gasteiger partial charge in [0.25, 0.3) is 0 Å². The highest BCUT2D eigenvalue weighted by atomic mass is 19.4. The van der Waals surface area contributed by atoms with Crippen molar-refractivity contribution in [3.05, 3.63) is 17.8 Å². The highest BCUT2D eigenvalue weighted by molar-refractivity contribution is 5.77. The van der Waals surface area contributed by atoms with Gasteiger partial charge in [-0.3, -0.25) is 4.79 Å². The third-order valence-corrected chi connectivity index (χ3v) is 5.66. The number of amides is 1. The first-order chi connectivity index (χ1) is 15.1. The molecule has 1 N–H and O–H groups in total. The van der Waals surface area contributed by atoms with Crippen LogP contribution >= 0.6 is 0 Å². The molecule has 3 saturated heterocycles. The summed E-state index contributed by atoms with van der Waals surface area (Å²) >= 11 is 0. The number of carbonyl (C=O) groups is 2. The molecule has 1 spiro atoms. The lowest BCUT2D eigenvalue weighted by atomic mass is 9.84. The Bertz CT molecular complexity index is 793. The molecule has 4 heterocycles. The molecule has 0 aromatic carbocycles. The van der Waals surface area contributed by atoms with Gasteiger partial charge in [0.2, 0.25) is 5.91 Å². The van der Waals surface area contributed by atoms with Gasteiger partial charge in [0, 0.05) is 26.1 Å². The zero-order valence-corrected chi connectivity index (χ0v) is 17.8. The van der Waals surface area contributed by atoms with E-state index in [4.69, 9.17) is 19.4 Å². The minimum atomic E-state index is -5.08. The Balaban J connectivity index is 0.000000360. The lowest BCUT2D eigenvalue weighted by Crippen LogP contribution is -2.66. The monoisotopic (exact) mass is 460 g/mol. The van der Waals surface area contributed by atoms with Crippen molar-refractivity contribution < 1.29 is 37.3 Å². The topological polar surface area (TPSA) is 105 Å². The fraction of sp³-hybridized carbons (Fsp3) is 0.700. The number of likely N-dealkylation sites (tertiary alicyclic amines) is 1. The average molecular weight is 460 g/mol. The van der Waals surface area contributed by atoms with Crippen LogP contribution in [-0.4, -0.2) is 89.4 Å². The number of ether oxygens (including phenoxy) is 2. The molecule has 1 aromatic heterocycles. The Labute approximate surface area is 183 Å². The van der Waals surface area contributed by atoms with Crippen molar-refractivity contribution in [2.24, 2.45) is 0 Å². The van der Waals surface area contributed by atoms with E-state index in [1.54, 1.807) is 0 Å². The normalized spacial score (nSPS) is 22.2. The molecule has 3 aliphatic heterocycles. The summed E-state index contributed by atoms with van der Waals surface area (Å²) in [5.41, 5.74) is 0.760. The van der Waals surface area contributed by atoms with Gasteiger partial charge in [-0.25, -0.2) is 4.79 Å². The highest BCUT2D eigenvalue weighted by Gasteiger charge is 2.48. The second kappa shape index (κ2) is 9.99. The number of aromatic nitrogens is 2. The molecule has 1 amide bonds. The van der Waals surface area contributed by atoms with Gasteiger partial charge in [0.05, 0.1) is 24.9 Å². The van der Waals surface area contributed by atoms with Crippen molar-refractivity contribution in [2.45, 2.75) is 50.5 Å². The van der Waals surface area contributed by atoms with E-state index in [9.17, 15) is 18.0 Å². The van der Waals surface area contributed by atoms with Gasteiger partial charge in [0.1, 0.15) is 12.2 Å². The zero-order valence-electron chi connectivity index (χ0n) is 17.8. The van der Waals surface area contributed by atoms with E-state index in [-0.39, 0.29) is 24.2 Å². The Morgan fingerprint density at radius 1 is 1.25 bits per heavy atom. The van der Waals surface area contributed by atoms with Gasteiger partial charge >= 0.3 is 12.1 Å². The number of hydrogen-bond donors (Lipinski definition) is 1. The largest absolute Gasteiger partial charge is 0.490 e. The first-order valence-corrected chi connectivity index (χ1v) is 10.5. The first-order valence-electron chi connectivity index (χ1n) is 10.5. The van der Waals surface area contributed by atoms with Crippen LogP contribution in [0.4, 0.5) is 19.0 Å². The van der Waals surface area contributed by atoms with Crippen LogP contribution in [0.1, 0.15) is 31.4 Å². The predicted octanol–water partition coefficient (Wildman–Crippen LogP) is 1.80. The first kappa shape index (κ1) is 24.2. The molecule has 32 heavy (non-hydrogen) atoms. The quantitative estimate of drug-likeness (QED) is 0.725. The van der Waals surface area contributed by atoms with Crippen molar-refractivity contribution in [3.63, 3.8) is 0 Å². The third-order valence-electron chi connectivity index (χ3n) is 5.66. The number of alkyl halides is 3. The number of carbonyl (C=O) groups excluding carboxylic acids is 1. The fourth-order valence-corrected chi connectivity index (χ4v) is 3.96. The summed E-state index contributed by atoms with van der Waals surface area (Å²) in [6, 6.07) is 3.98. The number of halogens is 3. The van der Waals surface area contributed by atoms with Crippen LogP contribution in [0.5, 0.6) is 0 Å². The molecule has 9 nitrogen and oxygen atoms in total. The SMILES string of the molecule is Cc1ccc(N2CC3(CC(OCC(=O)N4CCCC4)CCO3)C2)nn1.O=C(O)C(F)(F)F. The van der Waals surface area contributed by atoms with E-state index in [1.807, 2.05) is 24.0 Å². The molecule has 3 fully saturated rings. The number of carboxylic acids is 1. The van der Waals surface area contributed by atoms with Crippen LogP contribution in [0.15, 0.2) is 12.1 Å². The van der Waals surface area contributed by atoms with Crippen LogP contribution < -0.4 is 4.90 Å². The Morgan fingerprint density at radius 2 is 1.91 bits per heavy atom. The molecule has 0 radical (unpaired) electrons. The predicted molar refractivity (Wildman–Crippen MR) is 106 cm³/mol. The van der Waals surface area contributed by atoms with E-state index >= 15 is 0 Å². The summed E-state index contributed by atoms with van der Waals surface area (Å²) in [4.78, 5) is 25.1. The molecule has 0 aliphatic carbocycles. The Hall–Kier alpha value is -2.47. The minimum Gasteiger partial charge on any atom is -0.475 e. The molecular weight excluding hydrogens is 433 g/mol. The van der Waals surface area contributed by atoms with Crippen LogP contribution in [0.25, 0.3) is 0 Å². The molecule has 3 aliphatic rings. The standard InChI is InChI=1S/C18H26N4O3.C2HF3O2/c1-14-4-5-16(20-19-14)22-12-18(13-22)10-15(6-9-25-18)24-11-17(23)21-7-2-3-8-21;3-2(4,5)1(6)7/h4-5,15H,2-3,6-13H2,1H3;(H,6,7). The lowest BCUT2D eigenvalue weighted by molar-refractivity contribution is -0.192. The van der Waals surface area contributed by atoms with E-state index in [2.05, 4.69) is 15.1 Å². The van der Waals surface area contributed by atoms with E-state index < -0.39 is 12.1 Å². The molecular formula is C20H27F3N4O5. The third kappa shape index (κ3) is 6.28. The summed E-state index contributed by atoms with van der Waals surface area (Å²) in [7, 11) is 0. The van der Waals surface area contributed by atoms with Gasteiger partial charge in [-0.05, 0) is 38.3 Å². The number of hydrogen-bond acceptors (Lipinski definition) is 7. The van der Waals surface area contributed by atoms with Gasteiger partial charge in [-0.1, -0.05) is 0 Å². The second-order valence-electron chi connectivity index (χ2n) is 8.24. The number of carboxylic acid groups (broad SMARTS) is 1. The summed E-state index contributed by atoms with van der Waals surface area (Å²) in [5, 5.41) is 15.5. The zero-order chi connectivity index (χ0) is 23.4. The Kier molecular flexibility index (Phi) is 7.55. The smallest absolute Gasteiger partial charge is 0.475 e. The maximum absolute atomic E-state index is 12.1. The minimum absolute atomic E-state index is 0.103. The number of aryl methyl sites for hydroxylation is 1. The summed E-state index contributed by atoms with van der Waals surface area (Å²) in [6.45, 7) is 6.21. The summed E-state index contributed by atoms with van der Waals surface area (Å²) < 4.78 is 43.7. The molecule has 4 rings (SSSR count). The molecule has 1 aromatic rings. The molecule has 178 valence electrons. The number of nitrogens with zero attached hydrogens (tertiary/aromatic N) is 4. The van der Waals surface area contributed by atoms with Crippen LogP contribution in [-0.2, 0) is 19.1 Å². The maximum atomic E-state index is 12.1. The average Bonchev–Trinajstić information content (AvgIpc) is 3.26. The van der Waals surface area contributed by atoms with Gasteiger partial charge in [-0.15, -0.1) is 5.10 Å². The highest BCUT2D eigenvalue weighted by Crippen LogP contribution is 2.37. The second-order valence-corrected chi connectivity index (χ2v) is 8.24. The van der Waals surface area contributed by atoms with Crippen molar-refractivity contribution in [1.82, 2.24) is 15.1 Å². The van der Waals surface area contributed by atoms with Crippen LogP contribution in [0, 0.1) is 6.92 Å². The van der Waals surface area contributed by atoms with Crippen molar-refractivity contribution >= 4 is 17.7 Å². The molecule has 0 saturated carbocycles. The Morgan fingerprint density at radius 3 is 2.47 bits per heavy atom. The van der Waals surface area contributed by atoms with Crippen molar-refractivity contribution in [3.8, 4) is 0 Å². The maximum Gasteiger partial charge on any atom is 0.490 e. The van der Waals surface area contributed by atoms with Gasteiger partial charge in [-0.2, -0.15) is 18.3 Å². The van der Waals surface area contributed by atoms with E-state index in [0.29, 0.717) is 6.61 Å². The van der Waals surface area contributed by atoms with Crippen LogP contribution in [0.3, 0.4) is 0 Å². The molecule has 1 unspecified atom stereocenters. The van der Waals surface area contributed by atoms with E-state index in [0.717, 1.165) is 63.4 Å². The summed E-state index contributed by atoms with van der Waals surface area (Å²) in [6.07, 6.45) is -1.05. The van der Waals surface area contributed by atoms with E-state index in [1.165, 1.54) is 0 Å².